The van der Waals surface area contributed by atoms with Crippen molar-refractivity contribution in [2.45, 2.75) is 12.7 Å². The zero-order chi connectivity index (χ0) is 15.5. The fraction of sp³-hybridized carbons (Fsp3) is 0.533. The molecule has 120 valence electrons. The normalized spacial score (nSPS) is 22.5. The molecule has 0 spiro atoms. The van der Waals surface area contributed by atoms with E-state index in [1.54, 1.807) is 17.0 Å². The van der Waals surface area contributed by atoms with Crippen molar-refractivity contribution in [1.29, 1.82) is 0 Å². The Morgan fingerprint density at radius 1 is 1.41 bits per heavy atom. The second-order valence-electron chi connectivity index (χ2n) is 5.45. The molecule has 0 aromatic heterocycles. The van der Waals surface area contributed by atoms with Crippen LogP contribution in [0.25, 0.3) is 0 Å². The van der Waals surface area contributed by atoms with Crippen molar-refractivity contribution >= 4 is 5.91 Å². The molecule has 7 heteroatoms. The van der Waals surface area contributed by atoms with E-state index in [0.717, 1.165) is 18.7 Å². The number of halogens is 2. The molecule has 0 saturated carbocycles. The molecule has 1 N–H and O–H groups in total. The number of nitrogens with one attached hydrogen (secondary N) is 1. The van der Waals surface area contributed by atoms with Crippen LogP contribution in [0.3, 0.4) is 0 Å². The monoisotopic (exact) mass is 312 g/mol. The minimum Gasteiger partial charge on any atom is -0.435 e. The lowest BCUT2D eigenvalue weighted by Gasteiger charge is -2.37. The van der Waals surface area contributed by atoms with Gasteiger partial charge in [-0.05, 0) is 17.7 Å². The fourth-order valence-corrected chi connectivity index (χ4v) is 2.66. The van der Waals surface area contributed by atoms with Crippen molar-refractivity contribution < 1.29 is 23.0 Å². The van der Waals surface area contributed by atoms with Gasteiger partial charge in [0.25, 0.3) is 0 Å². The average molecular weight is 312 g/mol. The van der Waals surface area contributed by atoms with Crippen LogP contribution < -0.4 is 10.1 Å². The molecule has 1 amide bonds. The molecule has 1 aromatic rings. The van der Waals surface area contributed by atoms with E-state index in [2.05, 4.69) is 10.1 Å². The molecule has 2 aliphatic rings. The topological polar surface area (TPSA) is 50.8 Å². The molecule has 1 aromatic carbocycles. The quantitative estimate of drug-likeness (QED) is 0.913. The molecular formula is C15H18F2N2O3. The summed E-state index contributed by atoms with van der Waals surface area (Å²) >= 11 is 0. The number of amides is 1. The second-order valence-corrected chi connectivity index (χ2v) is 5.45. The van der Waals surface area contributed by atoms with Crippen LogP contribution in [0.15, 0.2) is 24.3 Å². The average Bonchev–Trinajstić information content (AvgIpc) is 2.45. The third-order valence-corrected chi connectivity index (χ3v) is 3.96. The van der Waals surface area contributed by atoms with Gasteiger partial charge < -0.3 is 19.7 Å². The number of alkyl halides is 2. The van der Waals surface area contributed by atoms with Gasteiger partial charge in [-0.3, -0.25) is 4.79 Å². The van der Waals surface area contributed by atoms with Crippen molar-refractivity contribution in [3.63, 3.8) is 0 Å². The number of hydrogen-bond acceptors (Lipinski definition) is 4. The zero-order valence-electron chi connectivity index (χ0n) is 12.0. The third kappa shape index (κ3) is 3.36. The molecule has 0 radical (unpaired) electrons. The molecule has 0 bridgehead atoms. The van der Waals surface area contributed by atoms with Crippen molar-refractivity contribution in [3.8, 4) is 5.75 Å². The Kier molecular flexibility index (Phi) is 4.54. The Hall–Kier alpha value is -1.73. The molecule has 2 saturated heterocycles. The zero-order valence-corrected chi connectivity index (χ0v) is 12.0. The third-order valence-electron chi connectivity index (χ3n) is 3.96. The highest BCUT2D eigenvalue weighted by Gasteiger charge is 2.32. The number of ether oxygens (including phenoxy) is 2. The van der Waals surface area contributed by atoms with Gasteiger partial charge in [0.2, 0.25) is 5.91 Å². The van der Waals surface area contributed by atoms with E-state index in [4.69, 9.17) is 4.74 Å². The summed E-state index contributed by atoms with van der Waals surface area (Å²) in [4.78, 5) is 14.1. The summed E-state index contributed by atoms with van der Waals surface area (Å²) in [7, 11) is 0. The predicted octanol–water partition coefficient (Wildman–Crippen LogP) is 1.41. The number of carbonyl (C=O) groups is 1. The van der Waals surface area contributed by atoms with Crippen LogP contribution in [0.4, 0.5) is 8.78 Å². The van der Waals surface area contributed by atoms with Crippen LogP contribution >= 0.6 is 0 Å². The van der Waals surface area contributed by atoms with E-state index < -0.39 is 6.61 Å². The molecule has 2 heterocycles. The molecule has 1 unspecified atom stereocenters. The van der Waals surface area contributed by atoms with E-state index >= 15 is 0 Å². The van der Waals surface area contributed by atoms with E-state index in [9.17, 15) is 13.6 Å². The van der Waals surface area contributed by atoms with E-state index in [1.807, 2.05) is 0 Å². The Balaban J connectivity index is 1.67. The van der Waals surface area contributed by atoms with Crippen molar-refractivity contribution in [1.82, 2.24) is 10.2 Å². The summed E-state index contributed by atoms with van der Waals surface area (Å²) < 4.78 is 34.7. The molecule has 2 fully saturated rings. The SMILES string of the molecule is O=C(C1CNC1)N1CCOC(c2cccc(OC(F)F)c2)C1. The summed E-state index contributed by atoms with van der Waals surface area (Å²) in [5.41, 5.74) is 0.738. The van der Waals surface area contributed by atoms with Gasteiger partial charge in [-0.25, -0.2) is 0 Å². The first-order chi connectivity index (χ1) is 10.6. The number of nitrogens with zero attached hydrogens (tertiary/aromatic N) is 1. The predicted molar refractivity (Wildman–Crippen MR) is 74.7 cm³/mol. The van der Waals surface area contributed by atoms with Crippen LogP contribution in [0.2, 0.25) is 0 Å². The molecule has 0 aliphatic carbocycles. The second kappa shape index (κ2) is 6.58. The van der Waals surface area contributed by atoms with Gasteiger partial charge in [0, 0.05) is 19.6 Å². The van der Waals surface area contributed by atoms with E-state index in [1.165, 1.54) is 12.1 Å². The molecule has 3 rings (SSSR count). The molecular weight excluding hydrogens is 294 g/mol. The van der Waals surface area contributed by atoms with E-state index in [-0.39, 0.29) is 23.7 Å². The van der Waals surface area contributed by atoms with Crippen LogP contribution in [0.1, 0.15) is 11.7 Å². The number of hydrogen-bond donors (Lipinski definition) is 1. The number of carbonyl (C=O) groups excluding carboxylic acids is 1. The molecule has 2 aliphatic heterocycles. The van der Waals surface area contributed by atoms with E-state index in [0.29, 0.717) is 19.7 Å². The van der Waals surface area contributed by atoms with Gasteiger partial charge in [0.1, 0.15) is 11.9 Å². The highest BCUT2D eigenvalue weighted by molar-refractivity contribution is 5.80. The number of rotatable bonds is 4. The maximum Gasteiger partial charge on any atom is 0.387 e. The first kappa shape index (κ1) is 15.2. The summed E-state index contributed by atoms with van der Waals surface area (Å²) in [5, 5.41) is 3.08. The molecule has 5 nitrogen and oxygen atoms in total. The van der Waals surface area contributed by atoms with Gasteiger partial charge in [-0.1, -0.05) is 12.1 Å². The Morgan fingerprint density at radius 2 is 2.23 bits per heavy atom. The lowest BCUT2D eigenvalue weighted by molar-refractivity contribution is -0.144. The standard InChI is InChI=1S/C15H18F2N2O3/c16-15(17)22-12-3-1-2-10(6-12)13-9-19(4-5-21-13)14(20)11-7-18-8-11/h1-3,6,11,13,15,18H,4-5,7-9H2. The summed E-state index contributed by atoms with van der Waals surface area (Å²) in [6.45, 7) is 0.0341. The number of benzene rings is 1. The van der Waals surface area contributed by atoms with Gasteiger partial charge in [0.05, 0.1) is 19.1 Å². The van der Waals surface area contributed by atoms with Gasteiger partial charge in [0.15, 0.2) is 0 Å². The number of morpholine rings is 1. The van der Waals surface area contributed by atoms with Crippen molar-refractivity contribution in [3.05, 3.63) is 29.8 Å². The Labute approximate surface area is 127 Å². The summed E-state index contributed by atoms with van der Waals surface area (Å²) in [6, 6.07) is 6.45. The largest absolute Gasteiger partial charge is 0.435 e. The van der Waals surface area contributed by atoms with Crippen LogP contribution in [-0.4, -0.2) is 50.2 Å². The molecule has 1 atom stereocenters. The highest BCUT2D eigenvalue weighted by atomic mass is 19.3. The summed E-state index contributed by atoms with van der Waals surface area (Å²) in [5.74, 6) is 0.280. The van der Waals surface area contributed by atoms with Gasteiger partial charge in [-0.2, -0.15) is 8.78 Å². The van der Waals surface area contributed by atoms with Crippen molar-refractivity contribution in [2.75, 3.05) is 32.8 Å². The first-order valence-corrected chi connectivity index (χ1v) is 7.29. The summed E-state index contributed by atoms with van der Waals surface area (Å²) in [6.07, 6.45) is -0.313. The fourth-order valence-electron chi connectivity index (χ4n) is 2.66. The Bertz CT molecular complexity index is 537. The first-order valence-electron chi connectivity index (χ1n) is 7.29. The van der Waals surface area contributed by atoms with Crippen LogP contribution in [0.5, 0.6) is 5.75 Å². The molecule has 22 heavy (non-hydrogen) atoms. The minimum atomic E-state index is -2.85. The van der Waals surface area contributed by atoms with Crippen LogP contribution in [-0.2, 0) is 9.53 Å². The maximum absolute atomic E-state index is 12.3. The lowest BCUT2D eigenvalue weighted by Crippen LogP contribution is -2.54. The van der Waals surface area contributed by atoms with Crippen molar-refractivity contribution in [2.24, 2.45) is 5.92 Å². The Morgan fingerprint density at radius 3 is 2.91 bits per heavy atom. The lowest BCUT2D eigenvalue weighted by atomic mass is 10.0. The maximum atomic E-state index is 12.3. The highest BCUT2D eigenvalue weighted by Crippen LogP contribution is 2.27. The minimum absolute atomic E-state index is 0.0484. The van der Waals surface area contributed by atoms with Gasteiger partial charge in [-0.15, -0.1) is 0 Å². The van der Waals surface area contributed by atoms with Gasteiger partial charge >= 0.3 is 6.61 Å². The van der Waals surface area contributed by atoms with Crippen LogP contribution in [0, 0.1) is 5.92 Å². The smallest absolute Gasteiger partial charge is 0.387 e.